The van der Waals surface area contributed by atoms with Crippen LogP contribution in [-0.2, 0) is 4.74 Å². The highest BCUT2D eigenvalue weighted by molar-refractivity contribution is 6.19. The first-order chi connectivity index (χ1) is 7.92. The lowest BCUT2D eigenvalue weighted by atomic mass is 10.1. The number of alkyl halides is 1. The zero-order chi connectivity index (χ0) is 11.2. The number of para-hydroxylation sites is 1. The molecule has 1 saturated heterocycles. The Balaban J connectivity index is 2.20. The van der Waals surface area contributed by atoms with Gasteiger partial charge in [-0.05, 0) is 11.6 Å². The predicted molar refractivity (Wildman–Crippen MR) is 69.2 cm³/mol. The largest absolute Gasteiger partial charge is 0.378 e. The summed E-state index contributed by atoms with van der Waals surface area (Å²) < 4.78 is 5.36. The Labute approximate surface area is 101 Å². The highest BCUT2D eigenvalue weighted by atomic mass is 35.5. The van der Waals surface area contributed by atoms with E-state index >= 15 is 0 Å². The molecule has 16 heavy (non-hydrogen) atoms. The first-order valence-electron chi connectivity index (χ1n) is 5.56. The Hall–Kier alpha value is -0.990. The molecule has 0 unspecified atom stereocenters. The fourth-order valence-electron chi connectivity index (χ4n) is 1.89. The number of anilines is 1. The van der Waals surface area contributed by atoms with E-state index in [0.29, 0.717) is 5.88 Å². The summed E-state index contributed by atoms with van der Waals surface area (Å²) >= 11 is 5.67. The van der Waals surface area contributed by atoms with E-state index < -0.39 is 0 Å². The van der Waals surface area contributed by atoms with Crippen molar-refractivity contribution >= 4 is 23.4 Å². The third-order valence-corrected chi connectivity index (χ3v) is 2.85. The van der Waals surface area contributed by atoms with Crippen molar-refractivity contribution in [2.75, 3.05) is 37.1 Å². The van der Waals surface area contributed by atoms with Crippen LogP contribution in [0.2, 0.25) is 0 Å². The van der Waals surface area contributed by atoms with Crippen molar-refractivity contribution in [2.24, 2.45) is 0 Å². The van der Waals surface area contributed by atoms with Gasteiger partial charge in [0, 0.05) is 24.7 Å². The smallest absolute Gasteiger partial charge is 0.0642 e. The SMILES string of the molecule is ClCC=Cc1ccccc1N1CCOCC1. The minimum absolute atomic E-state index is 0.553. The average molecular weight is 238 g/mol. The van der Waals surface area contributed by atoms with Crippen molar-refractivity contribution in [3.8, 4) is 0 Å². The summed E-state index contributed by atoms with van der Waals surface area (Å²) in [5.74, 6) is 0.553. The molecule has 0 aliphatic carbocycles. The van der Waals surface area contributed by atoms with Gasteiger partial charge in [-0.2, -0.15) is 0 Å². The highest BCUT2D eigenvalue weighted by Crippen LogP contribution is 2.22. The van der Waals surface area contributed by atoms with Crippen LogP contribution in [0.1, 0.15) is 5.56 Å². The van der Waals surface area contributed by atoms with Gasteiger partial charge in [-0.25, -0.2) is 0 Å². The van der Waals surface area contributed by atoms with Crippen molar-refractivity contribution < 1.29 is 4.74 Å². The van der Waals surface area contributed by atoms with E-state index in [1.54, 1.807) is 0 Å². The van der Waals surface area contributed by atoms with Crippen molar-refractivity contribution in [3.63, 3.8) is 0 Å². The van der Waals surface area contributed by atoms with Crippen molar-refractivity contribution in [1.82, 2.24) is 0 Å². The van der Waals surface area contributed by atoms with Gasteiger partial charge >= 0.3 is 0 Å². The molecule has 0 spiro atoms. The number of ether oxygens (including phenoxy) is 1. The number of halogens is 1. The lowest BCUT2D eigenvalue weighted by Crippen LogP contribution is -2.36. The molecule has 2 rings (SSSR count). The Bertz CT molecular complexity index is 359. The minimum atomic E-state index is 0.553. The van der Waals surface area contributed by atoms with E-state index in [0.717, 1.165) is 26.3 Å². The van der Waals surface area contributed by atoms with Crippen LogP contribution in [-0.4, -0.2) is 32.2 Å². The molecule has 0 atom stereocenters. The van der Waals surface area contributed by atoms with Crippen LogP contribution in [0.25, 0.3) is 6.08 Å². The minimum Gasteiger partial charge on any atom is -0.378 e. The molecule has 0 aromatic heterocycles. The number of benzene rings is 1. The summed E-state index contributed by atoms with van der Waals surface area (Å²) in [6.07, 6.45) is 4.05. The van der Waals surface area contributed by atoms with Crippen LogP contribution >= 0.6 is 11.6 Å². The molecule has 0 bridgehead atoms. The molecule has 0 N–H and O–H groups in total. The molecule has 0 radical (unpaired) electrons. The van der Waals surface area contributed by atoms with E-state index in [1.807, 2.05) is 6.08 Å². The lowest BCUT2D eigenvalue weighted by molar-refractivity contribution is 0.122. The summed E-state index contributed by atoms with van der Waals surface area (Å²) in [6, 6.07) is 8.40. The number of hydrogen-bond acceptors (Lipinski definition) is 2. The normalized spacial score (nSPS) is 16.9. The van der Waals surface area contributed by atoms with E-state index in [4.69, 9.17) is 16.3 Å². The second-order valence-corrected chi connectivity index (χ2v) is 4.02. The summed E-state index contributed by atoms with van der Waals surface area (Å²) in [5.41, 5.74) is 2.50. The van der Waals surface area contributed by atoms with Crippen LogP contribution in [0.3, 0.4) is 0 Å². The van der Waals surface area contributed by atoms with Crippen LogP contribution in [0, 0.1) is 0 Å². The van der Waals surface area contributed by atoms with E-state index in [-0.39, 0.29) is 0 Å². The molecule has 1 aliphatic rings. The van der Waals surface area contributed by atoms with Gasteiger partial charge in [0.25, 0.3) is 0 Å². The third-order valence-electron chi connectivity index (χ3n) is 2.68. The zero-order valence-corrected chi connectivity index (χ0v) is 9.99. The number of nitrogens with zero attached hydrogens (tertiary/aromatic N) is 1. The first-order valence-corrected chi connectivity index (χ1v) is 6.09. The van der Waals surface area contributed by atoms with Gasteiger partial charge in [-0.1, -0.05) is 30.4 Å². The van der Waals surface area contributed by atoms with E-state index in [1.165, 1.54) is 11.3 Å². The molecule has 86 valence electrons. The second kappa shape index (κ2) is 5.92. The Morgan fingerprint density at radius 1 is 1.25 bits per heavy atom. The van der Waals surface area contributed by atoms with Gasteiger partial charge < -0.3 is 9.64 Å². The maximum absolute atomic E-state index is 5.67. The van der Waals surface area contributed by atoms with Crippen LogP contribution < -0.4 is 4.90 Å². The highest BCUT2D eigenvalue weighted by Gasteiger charge is 2.12. The number of morpholine rings is 1. The van der Waals surface area contributed by atoms with Crippen LogP contribution in [0.5, 0.6) is 0 Å². The van der Waals surface area contributed by atoms with Crippen molar-refractivity contribution in [3.05, 3.63) is 35.9 Å². The van der Waals surface area contributed by atoms with Crippen molar-refractivity contribution in [1.29, 1.82) is 0 Å². The van der Waals surface area contributed by atoms with Gasteiger partial charge in [0.15, 0.2) is 0 Å². The Morgan fingerprint density at radius 3 is 2.75 bits per heavy atom. The van der Waals surface area contributed by atoms with Crippen LogP contribution in [0.4, 0.5) is 5.69 Å². The summed E-state index contributed by atoms with van der Waals surface area (Å²) in [4.78, 5) is 2.36. The monoisotopic (exact) mass is 237 g/mol. The molecule has 0 saturated carbocycles. The molecule has 2 nitrogen and oxygen atoms in total. The lowest BCUT2D eigenvalue weighted by Gasteiger charge is -2.30. The number of allylic oxidation sites excluding steroid dienone is 1. The molecule has 1 heterocycles. The van der Waals surface area contributed by atoms with Gasteiger partial charge in [0.05, 0.1) is 13.2 Å². The number of hydrogen-bond donors (Lipinski definition) is 0. The molecule has 1 aliphatic heterocycles. The van der Waals surface area contributed by atoms with Gasteiger partial charge in [-0.3, -0.25) is 0 Å². The molecule has 0 amide bonds. The molecular weight excluding hydrogens is 222 g/mol. The fraction of sp³-hybridized carbons (Fsp3) is 0.385. The first kappa shape index (κ1) is 11.5. The quantitative estimate of drug-likeness (QED) is 0.750. The molecular formula is C13H16ClNO. The fourth-order valence-corrected chi connectivity index (χ4v) is 1.98. The topological polar surface area (TPSA) is 12.5 Å². The molecule has 1 fully saturated rings. The standard InChI is InChI=1S/C13H16ClNO/c14-7-3-5-12-4-1-2-6-13(12)15-8-10-16-11-9-15/h1-6H,7-11H2. The summed E-state index contributed by atoms with van der Waals surface area (Å²) in [5, 5.41) is 0. The maximum Gasteiger partial charge on any atom is 0.0642 e. The predicted octanol–water partition coefficient (Wildman–Crippen LogP) is 2.78. The molecule has 1 aromatic rings. The van der Waals surface area contributed by atoms with E-state index in [2.05, 4.69) is 35.2 Å². The summed E-state index contributed by atoms with van der Waals surface area (Å²) in [7, 11) is 0. The van der Waals surface area contributed by atoms with Crippen LogP contribution in [0.15, 0.2) is 30.3 Å². The van der Waals surface area contributed by atoms with E-state index in [9.17, 15) is 0 Å². The van der Waals surface area contributed by atoms with Gasteiger partial charge in [-0.15, -0.1) is 11.6 Å². The second-order valence-electron chi connectivity index (χ2n) is 3.71. The van der Waals surface area contributed by atoms with Gasteiger partial charge in [0.2, 0.25) is 0 Å². The molecule has 1 aromatic carbocycles. The Morgan fingerprint density at radius 2 is 2.00 bits per heavy atom. The zero-order valence-electron chi connectivity index (χ0n) is 9.23. The third kappa shape index (κ3) is 2.77. The number of rotatable bonds is 3. The summed E-state index contributed by atoms with van der Waals surface area (Å²) in [6.45, 7) is 3.55. The Kier molecular flexibility index (Phi) is 4.25. The van der Waals surface area contributed by atoms with Gasteiger partial charge in [0.1, 0.15) is 0 Å². The van der Waals surface area contributed by atoms with Crippen molar-refractivity contribution in [2.45, 2.75) is 0 Å². The average Bonchev–Trinajstić information content (AvgIpc) is 2.38. The molecule has 3 heteroatoms. The maximum atomic E-state index is 5.67.